The van der Waals surface area contributed by atoms with E-state index >= 15 is 0 Å². The van der Waals surface area contributed by atoms with Crippen LogP contribution in [0.2, 0.25) is 0 Å². The topological polar surface area (TPSA) is 62.4 Å². The molecule has 1 aliphatic heterocycles. The summed E-state index contributed by atoms with van der Waals surface area (Å²) in [6, 6.07) is 6.31. The van der Waals surface area contributed by atoms with Crippen LogP contribution in [0.1, 0.15) is 31.6 Å². The van der Waals surface area contributed by atoms with Crippen LogP contribution in [0.4, 0.5) is 0 Å². The maximum Gasteiger partial charge on any atom is 0.158 e. The van der Waals surface area contributed by atoms with Crippen LogP contribution in [0.15, 0.2) is 33.8 Å². The number of hydrogen-bond acceptors (Lipinski definition) is 6. The Hall–Kier alpha value is -1.42. The first-order chi connectivity index (χ1) is 11.1. The fraction of sp³-hybridized carbons (Fsp3) is 0.471. The van der Waals surface area contributed by atoms with Gasteiger partial charge in [0, 0.05) is 34.4 Å². The number of ether oxygens (including phenoxy) is 1. The third-order valence-corrected chi connectivity index (χ3v) is 5.60. The SMILES string of the molecule is CCOCCSC1=NC(C)=C(C(C)=O)[C@H](c2cccs2)C1C#N. The zero-order valence-electron chi connectivity index (χ0n) is 13.5. The van der Waals surface area contributed by atoms with Crippen LogP contribution in [0.3, 0.4) is 0 Å². The van der Waals surface area contributed by atoms with Crippen LogP contribution in [0.25, 0.3) is 0 Å². The van der Waals surface area contributed by atoms with Crippen molar-refractivity contribution >= 4 is 33.9 Å². The summed E-state index contributed by atoms with van der Waals surface area (Å²) >= 11 is 3.13. The molecule has 0 saturated heterocycles. The minimum atomic E-state index is -0.414. The van der Waals surface area contributed by atoms with Crippen molar-refractivity contribution < 1.29 is 9.53 Å². The molecule has 122 valence electrons. The summed E-state index contributed by atoms with van der Waals surface area (Å²) < 4.78 is 5.36. The first kappa shape index (κ1) is 17.9. The largest absolute Gasteiger partial charge is 0.381 e. The van der Waals surface area contributed by atoms with Crippen molar-refractivity contribution in [2.24, 2.45) is 10.9 Å². The number of nitriles is 1. The number of allylic oxidation sites excluding steroid dienone is 2. The summed E-state index contributed by atoms with van der Waals surface area (Å²) in [6.45, 7) is 6.68. The van der Waals surface area contributed by atoms with Crippen molar-refractivity contribution in [2.45, 2.75) is 26.7 Å². The third kappa shape index (κ3) is 4.11. The summed E-state index contributed by atoms with van der Waals surface area (Å²) in [5.74, 6) is 0.112. The van der Waals surface area contributed by atoms with Crippen molar-refractivity contribution in [1.29, 1.82) is 5.26 Å². The van der Waals surface area contributed by atoms with Gasteiger partial charge in [-0.2, -0.15) is 5.26 Å². The van der Waals surface area contributed by atoms with Gasteiger partial charge < -0.3 is 4.74 Å². The maximum atomic E-state index is 12.1. The summed E-state index contributed by atoms with van der Waals surface area (Å²) in [5.41, 5.74) is 1.38. The quantitative estimate of drug-likeness (QED) is 0.729. The second-order valence-electron chi connectivity index (χ2n) is 5.15. The van der Waals surface area contributed by atoms with E-state index in [-0.39, 0.29) is 11.7 Å². The normalized spacial score (nSPS) is 21.0. The molecule has 0 radical (unpaired) electrons. The Labute approximate surface area is 145 Å². The maximum absolute atomic E-state index is 12.1. The number of aliphatic imine (C=N–C) groups is 1. The van der Waals surface area contributed by atoms with E-state index in [9.17, 15) is 10.1 Å². The number of thiophene rings is 1. The average molecular weight is 348 g/mol. The minimum Gasteiger partial charge on any atom is -0.381 e. The van der Waals surface area contributed by atoms with E-state index in [1.807, 2.05) is 31.4 Å². The molecule has 0 bridgehead atoms. The lowest BCUT2D eigenvalue weighted by Gasteiger charge is -2.28. The van der Waals surface area contributed by atoms with E-state index in [2.05, 4.69) is 11.1 Å². The Balaban J connectivity index is 2.35. The van der Waals surface area contributed by atoms with E-state index < -0.39 is 5.92 Å². The molecule has 0 fully saturated rings. The molecular weight excluding hydrogens is 328 g/mol. The van der Waals surface area contributed by atoms with Gasteiger partial charge in [0.2, 0.25) is 0 Å². The Morgan fingerprint density at radius 2 is 2.35 bits per heavy atom. The molecule has 1 aliphatic rings. The summed E-state index contributed by atoms with van der Waals surface area (Å²) in [7, 11) is 0. The first-order valence-electron chi connectivity index (χ1n) is 7.54. The Kier molecular flexibility index (Phi) is 6.58. The van der Waals surface area contributed by atoms with Crippen LogP contribution in [-0.4, -0.2) is 29.8 Å². The van der Waals surface area contributed by atoms with Crippen LogP contribution in [0.5, 0.6) is 0 Å². The van der Waals surface area contributed by atoms with Gasteiger partial charge in [0.1, 0.15) is 5.92 Å². The lowest BCUT2D eigenvalue weighted by Crippen LogP contribution is -2.27. The van der Waals surface area contributed by atoms with Crippen LogP contribution in [-0.2, 0) is 9.53 Å². The van der Waals surface area contributed by atoms with E-state index in [1.165, 1.54) is 0 Å². The van der Waals surface area contributed by atoms with Crippen molar-refractivity contribution in [3.63, 3.8) is 0 Å². The molecule has 0 spiro atoms. The predicted octanol–water partition coefficient (Wildman–Crippen LogP) is 4.02. The van der Waals surface area contributed by atoms with Gasteiger partial charge in [-0.3, -0.25) is 4.79 Å². The monoisotopic (exact) mass is 348 g/mol. The Morgan fingerprint density at radius 3 is 2.91 bits per heavy atom. The van der Waals surface area contributed by atoms with Crippen LogP contribution >= 0.6 is 23.1 Å². The molecule has 2 atom stereocenters. The molecular formula is C17H20N2O2S2. The van der Waals surface area contributed by atoms with Crippen molar-refractivity contribution in [2.75, 3.05) is 19.0 Å². The van der Waals surface area contributed by atoms with Gasteiger partial charge in [-0.15, -0.1) is 23.1 Å². The highest BCUT2D eigenvalue weighted by Crippen LogP contribution is 2.42. The fourth-order valence-electron chi connectivity index (χ4n) is 2.68. The summed E-state index contributed by atoms with van der Waals surface area (Å²) in [4.78, 5) is 17.7. The van der Waals surface area contributed by atoms with Crippen molar-refractivity contribution in [3.05, 3.63) is 33.7 Å². The van der Waals surface area contributed by atoms with E-state index in [4.69, 9.17) is 4.74 Å². The molecule has 0 aliphatic carbocycles. The van der Waals surface area contributed by atoms with E-state index in [1.54, 1.807) is 30.0 Å². The highest BCUT2D eigenvalue weighted by atomic mass is 32.2. The molecule has 1 aromatic heterocycles. The average Bonchev–Trinajstić information content (AvgIpc) is 3.04. The Bertz CT molecular complexity index is 657. The number of nitrogens with zero attached hydrogens (tertiary/aromatic N) is 2. The summed E-state index contributed by atoms with van der Waals surface area (Å²) in [6.07, 6.45) is 0. The van der Waals surface area contributed by atoms with Crippen LogP contribution in [0, 0.1) is 17.2 Å². The molecule has 1 unspecified atom stereocenters. The van der Waals surface area contributed by atoms with E-state index in [0.717, 1.165) is 21.4 Å². The molecule has 6 heteroatoms. The number of rotatable bonds is 6. The number of thioether (sulfide) groups is 1. The minimum absolute atomic E-state index is 0.0109. The molecule has 23 heavy (non-hydrogen) atoms. The molecule has 0 saturated carbocycles. The molecule has 4 nitrogen and oxygen atoms in total. The molecule has 2 rings (SSSR count). The molecule has 0 amide bonds. The first-order valence-corrected chi connectivity index (χ1v) is 9.40. The second-order valence-corrected chi connectivity index (χ2v) is 7.25. The zero-order chi connectivity index (χ0) is 16.8. The number of carbonyl (C=O) groups excluding carboxylic acids is 1. The van der Waals surface area contributed by atoms with Gasteiger partial charge in [0.25, 0.3) is 0 Å². The highest BCUT2D eigenvalue weighted by molar-refractivity contribution is 8.14. The van der Waals surface area contributed by atoms with Crippen molar-refractivity contribution in [3.8, 4) is 6.07 Å². The van der Waals surface area contributed by atoms with E-state index in [0.29, 0.717) is 18.8 Å². The smallest absolute Gasteiger partial charge is 0.158 e. The fourth-order valence-corrected chi connectivity index (χ4v) is 4.53. The van der Waals surface area contributed by atoms with Gasteiger partial charge in [-0.1, -0.05) is 6.07 Å². The lowest BCUT2D eigenvalue weighted by atomic mass is 9.81. The Morgan fingerprint density at radius 1 is 1.57 bits per heavy atom. The standard InChI is InChI=1S/C17H20N2O2S2/c1-4-21-7-9-23-17-13(10-18)16(14-6-5-8-22-14)15(12(3)20)11(2)19-17/h5-6,8,13,16H,4,7,9H2,1-3H3/t13?,16-/m0/s1. The van der Waals surface area contributed by atoms with Crippen LogP contribution < -0.4 is 0 Å². The number of hydrogen-bond donors (Lipinski definition) is 0. The molecule has 2 heterocycles. The van der Waals surface area contributed by atoms with Gasteiger partial charge in [-0.25, -0.2) is 4.99 Å². The number of Topliss-reactive ketones (excluding diaryl/α,β-unsaturated/α-hetero) is 1. The predicted molar refractivity (Wildman–Crippen MR) is 95.9 cm³/mol. The highest BCUT2D eigenvalue weighted by Gasteiger charge is 2.37. The van der Waals surface area contributed by atoms with Gasteiger partial charge in [0.05, 0.1) is 17.7 Å². The molecule has 0 N–H and O–H groups in total. The lowest BCUT2D eigenvalue weighted by molar-refractivity contribution is -0.114. The van der Waals surface area contributed by atoms with Crippen molar-refractivity contribution in [1.82, 2.24) is 0 Å². The number of ketones is 1. The number of carbonyl (C=O) groups is 1. The summed E-state index contributed by atoms with van der Waals surface area (Å²) in [5, 5.41) is 12.5. The van der Waals surface area contributed by atoms with Gasteiger partial charge in [-0.05, 0) is 32.2 Å². The second kappa shape index (κ2) is 8.44. The zero-order valence-corrected chi connectivity index (χ0v) is 15.2. The van der Waals surface area contributed by atoms with Gasteiger partial charge in [0.15, 0.2) is 5.78 Å². The molecule has 0 aromatic carbocycles. The van der Waals surface area contributed by atoms with Gasteiger partial charge >= 0.3 is 0 Å². The molecule has 1 aromatic rings. The third-order valence-electron chi connectivity index (χ3n) is 3.63.